The van der Waals surface area contributed by atoms with Gasteiger partial charge in [0.25, 0.3) is 5.91 Å². The first-order chi connectivity index (χ1) is 11.7. The molecule has 0 unspecified atom stereocenters. The molecule has 0 spiro atoms. The Labute approximate surface area is 141 Å². The second kappa shape index (κ2) is 6.26. The zero-order valence-electron chi connectivity index (χ0n) is 13.6. The van der Waals surface area contributed by atoms with Crippen LogP contribution >= 0.6 is 0 Å². The van der Waals surface area contributed by atoms with Gasteiger partial charge in [0, 0.05) is 37.3 Å². The minimum absolute atomic E-state index is 0.0465. The minimum Gasteiger partial charge on any atom is -0.508 e. The molecule has 1 aromatic carbocycles. The predicted molar refractivity (Wildman–Crippen MR) is 88.7 cm³/mol. The smallest absolute Gasteiger partial charge is 0.253 e. The Morgan fingerprint density at radius 3 is 2.50 bits per heavy atom. The zero-order chi connectivity index (χ0) is 16.5. The summed E-state index contributed by atoms with van der Waals surface area (Å²) in [6.45, 7) is 2.43. The van der Waals surface area contributed by atoms with Crippen molar-refractivity contribution in [2.75, 3.05) is 13.1 Å². The fourth-order valence-corrected chi connectivity index (χ4v) is 3.34. The lowest BCUT2D eigenvalue weighted by molar-refractivity contribution is 0.0681. The maximum absolute atomic E-state index is 12.5. The molecule has 6 nitrogen and oxygen atoms in total. The number of benzene rings is 1. The highest BCUT2D eigenvalue weighted by molar-refractivity contribution is 5.94. The summed E-state index contributed by atoms with van der Waals surface area (Å²) in [5.74, 6) is 1.42. The van der Waals surface area contributed by atoms with Crippen molar-refractivity contribution in [3.8, 4) is 5.75 Å². The number of rotatable bonds is 4. The third-order valence-electron chi connectivity index (χ3n) is 5.01. The summed E-state index contributed by atoms with van der Waals surface area (Å²) >= 11 is 0. The van der Waals surface area contributed by atoms with E-state index in [0.717, 1.165) is 38.2 Å². The average molecular weight is 326 g/mol. The second-order valence-electron chi connectivity index (χ2n) is 6.92. The molecule has 1 saturated carbocycles. The average Bonchev–Trinajstić information content (AvgIpc) is 3.36. The molecule has 2 aliphatic rings. The van der Waals surface area contributed by atoms with Crippen LogP contribution in [0.5, 0.6) is 5.75 Å². The maximum atomic E-state index is 12.5. The molecule has 6 heteroatoms. The molecule has 1 aromatic heterocycles. The number of likely N-dealkylation sites (tertiary alicyclic amines) is 1. The van der Waals surface area contributed by atoms with Gasteiger partial charge >= 0.3 is 0 Å². The topological polar surface area (TPSA) is 71.2 Å². The number of carbonyl (C=O) groups excluding carboxylic acids is 1. The first kappa shape index (κ1) is 15.2. The number of hydrogen-bond acceptors (Lipinski definition) is 4. The fraction of sp³-hybridized carbons (Fsp3) is 0.500. The lowest BCUT2D eigenvalue weighted by atomic mass is 9.96. The number of aromatic hydroxyl groups is 1. The lowest BCUT2D eigenvalue weighted by Crippen LogP contribution is -2.39. The molecular formula is C18H22N4O2. The first-order valence-corrected chi connectivity index (χ1v) is 8.67. The molecule has 0 radical (unpaired) electrons. The van der Waals surface area contributed by atoms with Gasteiger partial charge in [0.15, 0.2) is 0 Å². The Kier molecular flexibility index (Phi) is 3.96. The van der Waals surface area contributed by atoms with Crippen molar-refractivity contribution in [3.63, 3.8) is 0 Å². The van der Waals surface area contributed by atoms with E-state index in [2.05, 4.69) is 16.5 Å². The van der Waals surface area contributed by atoms with Crippen molar-refractivity contribution in [2.45, 2.75) is 38.1 Å². The van der Waals surface area contributed by atoms with Gasteiger partial charge < -0.3 is 10.0 Å². The Balaban J connectivity index is 1.30. The summed E-state index contributed by atoms with van der Waals surface area (Å²) in [5, 5.41) is 17.8. The first-order valence-electron chi connectivity index (χ1n) is 8.67. The summed E-state index contributed by atoms with van der Waals surface area (Å²) in [6, 6.07) is 6.47. The Morgan fingerprint density at radius 1 is 1.12 bits per heavy atom. The molecule has 0 bridgehead atoms. The van der Waals surface area contributed by atoms with E-state index in [9.17, 15) is 9.90 Å². The number of amides is 1. The van der Waals surface area contributed by atoms with Crippen LogP contribution in [0.2, 0.25) is 0 Å². The van der Waals surface area contributed by atoms with Gasteiger partial charge in [-0.3, -0.25) is 9.48 Å². The van der Waals surface area contributed by atoms with Crippen LogP contribution in [0.4, 0.5) is 0 Å². The predicted octanol–water partition coefficient (Wildman–Crippen LogP) is 2.41. The Bertz CT molecular complexity index is 713. The van der Waals surface area contributed by atoms with Crippen molar-refractivity contribution in [1.82, 2.24) is 19.9 Å². The normalized spacial score (nSPS) is 18.8. The van der Waals surface area contributed by atoms with Gasteiger partial charge in [0.2, 0.25) is 0 Å². The molecule has 1 aliphatic heterocycles. The molecule has 1 saturated heterocycles. The fourth-order valence-electron chi connectivity index (χ4n) is 3.34. The van der Waals surface area contributed by atoms with E-state index in [1.165, 1.54) is 12.8 Å². The van der Waals surface area contributed by atoms with E-state index >= 15 is 0 Å². The molecule has 2 heterocycles. The van der Waals surface area contributed by atoms with Crippen LogP contribution in [0.25, 0.3) is 0 Å². The number of phenolic OH excluding ortho intramolecular Hbond substituents is 1. The van der Waals surface area contributed by atoms with Crippen LogP contribution in [0, 0.1) is 5.92 Å². The van der Waals surface area contributed by atoms with E-state index in [-0.39, 0.29) is 11.7 Å². The van der Waals surface area contributed by atoms with Gasteiger partial charge in [-0.1, -0.05) is 5.21 Å². The highest BCUT2D eigenvalue weighted by atomic mass is 16.3. The Hall–Kier alpha value is -2.37. The van der Waals surface area contributed by atoms with E-state index < -0.39 is 0 Å². The van der Waals surface area contributed by atoms with Crippen LogP contribution in [0.3, 0.4) is 0 Å². The highest BCUT2D eigenvalue weighted by Gasteiger charge is 2.28. The molecule has 2 aromatic rings. The zero-order valence-corrected chi connectivity index (χ0v) is 13.6. The van der Waals surface area contributed by atoms with Crippen molar-refractivity contribution >= 4 is 5.91 Å². The van der Waals surface area contributed by atoms with E-state index in [4.69, 9.17) is 0 Å². The molecular weight excluding hydrogens is 304 g/mol. The Morgan fingerprint density at radius 2 is 1.83 bits per heavy atom. The largest absolute Gasteiger partial charge is 0.508 e. The molecule has 1 N–H and O–H groups in total. The molecule has 1 aliphatic carbocycles. The van der Waals surface area contributed by atoms with Gasteiger partial charge in [0.1, 0.15) is 5.75 Å². The molecule has 4 rings (SSSR count). The third-order valence-corrected chi connectivity index (χ3v) is 5.01. The van der Waals surface area contributed by atoms with Gasteiger partial charge in [-0.05, 0) is 55.9 Å². The summed E-state index contributed by atoms with van der Waals surface area (Å²) in [7, 11) is 0. The third kappa shape index (κ3) is 3.27. The number of nitrogens with zero attached hydrogens (tertiary/aromatic N) is 4. The van der Waals surface area contributed by atoms with Crippen molar-refractivity contribution in [1.29, 1.82) is 0 Å². The van der Waals surface area contributed by atoms with E-state index in [1.54, 1.807) is 24.3 Å². The van der Waals surface area contributed by atoms with Crippen LogP contribution in [-0.4, -0.2) is 44.0 Å². The summed E-state index contributed by atoms with van der Waals surface area (Å²) in [6.07, 6.45) is 6.56. The molecule has 0 atom stereocenters. The maximum Gasteiger partial charge on any atom is 0.253 e. The number of carbonyl (C=O) groups is 1. The van der Waals surface area contributed by atoms with Crippen LogP contribution < -0.4 is 0 Å². The van der Waals surface area contributed by atoms with Gasteiger partial charge in [-0.25, -0.2) is 0 Å². The summed E-state index contributed by atoms with van der Waals surface area (Å²) < 4.78 is 1.97. The van der Waals surface area contributed by atoms with Gasteiger partial charge in [-0.15, -0.1) is 5.10 Å². The van der Waals surface area contributed by atoms with Crippen LogP contribution in [0.15, 0.2) is 30.5 Å². The molecule has 126 valence electrons. The monoisotopic (exact) mass is 326 g/mol. The standard InChI is InChI=1S/C18H22N4O2/c23-16-5-3-15(4-6-16)18(24)21-9-7-13(8-10-21)11-22-12-17(19-20-22)14-1-2-14/h3-6,12-14,23H,1-2,7-11H2. The van der Waals surface area contributed by atoms with E-state index in [1.807, 2.05) is 9.58 Å². The van der Waals surface area contributed by atoms with Gasteiger partial charge in [0.05, 0.1) is 5.69 Å². The second-order valence-corrected chi connectivity index (χ2v) is 6.92. The SMILES string of the molecule is O=C(c1ccc(O)cc1)N1CCC(Cn2cc(C3CC3)nn2)CC1. The van der Waals surface area contributed by atoms with Crippen LogP contribution in [0.1, 0.15) is 47.7 Å². The highest BCUT2D eigenvalue weighted by Crippen LogP contribution is 2.38. The van der Waals surface area contributed by atoms with Crippen molar-refractivity contribution in [2.24, 2.45) is 5.92 Å². The molecule has 1 amide bonds. The number of hydrogen-bond donors (Lipinski definition) is 1. The quantitative estimate of drug-likeness (QED) is 0.936. The molecule has 24 heavy (non-hydrogen) atoms. The van der Waals surface area contributed by atoms with Crippen molar-refractivity contribution < 1.29 is 9.90 Å². The lowest BCUT2D eigenvalue weighted by Gasteiger charge is -2.32. The minimum atomic E-state index is 0.0465. The summed E-state index contributed by atoms with van der Waals surface area (Å²) in [4.78, 5) is 14.4. The number of piperidine rings is 1. The molecule has 2 fully saturated rings. The van der Waals surface area contributed by atoms with Crippen LogP contribution in [-0.2, 0) is 6.54 Å². The van der Waals surface area contributed by atoms with E-state index in [0.29, 0.717) is 17.4 Å². The number of aromatic nitrogens is 3. The van der Waals surface area contributed by atoms with Crippen molar-refractivity contribution in [3.05, 3.63) is 41.7 Å². The van der Waals surface area contributed by atoms with Gasteiger partial charge in [-0.2, -0.15) is 0 Å². The summed E-state index contributed by atoms with van der Waals surface area (Å²) in [5.41, 5.74) is 1.77. The number of phenols is 1.